The number of amides is 1. The van der Waals surface area contributed by atoms with E-state index in [1.54, 1.807) is 0 Å². The van der Waals surface area contributed by atoms with Crippen LogP contribution in [0.15, 0.2) is 5.16 Å². The van der Waals surface area contributed by atoms with E-state index in [2.05, 4.69) is 24.3 Å². The van der Waals surface area contributed by atoms with E-state index in [-0.39, 0.29) is 17.8 Å². The molecule has 0 spiro atoms. The Bertz CT molecular complexity index is 342. The number of amidine groups is 1. The van der Waals surface area contributed by atoms with E-state index in [9.17, 15) is 4.79 Å². The zero-order valence-corrected chi connectivity index (χ0v) is 10.4. The van der Waals surface area contributed by atoms with Crippen LogP contribution in [0.1, 0.15) is 39.5 Å². The molecule has 2 rings (SSSR count). The average molecular weight is 239 g/mol. The molecule has 0 unspecified atom stereocenters. The van der Waals surface area contributed by atoms with Gasteiger partial charge in [-0.3, -0.25) is 4.79 Å². The summed E-state index contributed by atoms with van der Waals surface area (Å²) >= 11 is 0. The summed E-state index contributed by atoms with van der Waals surface area (Å²) in [6.45, 7) is 4.25. The molecule has 0 atom stereocenters. The minimum Gasteiger partial charge on any atom is -0.409 e. The molecule has 17 heavy (non-hydrogen) atoms. The van der Waals surface area contributed by atoms with Crippen molar-refractivity contribution in [1.82, 2.24) is 5.32 Å². The van der Waals surface area contributed by atoms with Gasteiger partial charge in [-0.25, -0.2) is 0 Å². The molecule has 0 heterocycles. The summed E-state index contributed by atoms with van der Waals surface area (Å²) in [6, 6.07) is 0.275. The summed E-state index contributed by atoms with van der Waals surface area (Å²) in [5.74, 6) is 1.14. The van der Waals surface area contributed by atoms with Gasteiger partial charge in [0.1, 0.15) is 5.41 Å². The highest BCUT2D eigenvalue weighted by atomic mass is 16.4. The second-order valence-electron chi connectivity index (χ2n) is 5.83. The van der Waals surface area contributed by atoms with Crippen LogP contribution < -0.4 is 11.1 Å². The first-order valence-electron chi connectivity index (χ1n) is 6.27. The van der Waals surface area contributed by atoms with E-state index < -0.39 is 5.41 Å². The Morgan fingerprint density at radius 1 is 1.35 bits per heavy atom. The van der Waals surface area contributed by atoms with Gasteiger partial charge in [-0.1, -0.05) is 19.0 Å². The summed E-state index contributed by atoms with van der Waals surface area (Å²) in [5, 5.41) is 14.9. The van der Waals surface area contributed by atoms with Crippen LogP contribution in [0.2, 0.25) is 0 Å². The van der Waals surface area contributed by atoms with Crippen LogP contribution >= 0.6 is 0 Å². The van der Waals surface area contributed by atoms with Crippen molar-refractivity contribution >= 4 is 11.7 Å². The highest BCUT2D eigenvalue weighted by Gasteiger charge is 2.52. The quantitative estimate of drug-likeness (QED) is 0.298. The Kier molecular flexibility index (Phi) is 3.02. The molecule has 2 saturated carbocycles. The predicted octanol–water partition coefficient (Wildman–Crippen LogP) is 1.06. The smallest absolute Gasteiger partial charge is 0.234 e. The van der Waals surface area contributed by atoms with Gasteiger partial charge in [-0.2, -0.15) is 0 Å². The minimum atomic E-state index is -0.757. The van der Waals surface area contributed by atoms with Crippen LogP contribution in [0.5, 0.6) is 0 Å². The number of nitrogens with zero attached hydrogens (tertiary/aromatic N) is 1. The lowest BCUT2D eigenvalue weighted by molar-refractivity contribution is -0.134. The first kappa shape index (κ1) is 12.2. The molecule has 0 aromatic carbocycles. The minimum absolute atomic E-state index is 0.0560. The Balaban J connectivity index is 1.99. The van der Waals surface area contributed by atoms with Gasteiger partial charge in [-0.15, -0.1) is 0 Å². The van der Waals surface area contributed by atoms with Gasteiger partial charge < -0.3 is 16.3 Å². The molecule has 2 aliphatic carbocycles. The van der Waals surface area contributed by atoms with Crippen molar-refractivity contribution in [1.29, 1.82) is 0 Å². The normalized spacial score (nSPS) is 41.3. The average Bonchev–Trinajstić information content (AvgIpc) is 2.21. The van der Waals surface area contributed by atoms with Gasteiger partial charge in [0.2, 0.25) is 5.91 Å². The fourth-order valence-corrected chi connectivity index (χ4v) is 3.08. The SMILES string of the molecule is CC1CC(NC(=O)C2(C(N)=NO)CC(C)C2)C1. The lowest BCUT2D eigenvalue weighted by Crippen LogP contribution is -2.59. The zero-order chi connectivity index (χ0) is 12.6. The van der Waals surface area contributed by atoms with Gasteiger partial charge in [0, 0.05) is 6.04 Å². The van der Waals surface area contributed by atoms with Crippen LogP contribution in [0, 0.1) is 17.3 Å². The lowest BCUT2D eigenvalue weighted by atomic mass is 9.61. The fourth-order valence-electron chi connectivity index (χ4n) is 3.08. The molecule has 2 aliphatic rings. The first-order chi connectivity index (χ1) is 7.98. The van der Waals surface area contributed by atoms with Crippen molar-refractivity contribution in [3.8, 4) is 0 Å². The number of oxime groups is 1. The summed E-state index contributed by atoms with van der Waals surface area (Å²) in [5.41, 5.74) is 4.92. The highest BCUT2D eigenvalue weighted by molar-refractivity contribution is 6.07. The van der Waals surface area contributed by atoms with E-state index in [1.165, 1.54) is 0 Å². The second-order valence-corrected chi connectivity index (χ2v) is 5.83. The molecule has 0 saturated heterocycles. The van der Waals surface area contributed by atoms with Gasteiger partial charge in [0.25, 0.3) is 0 Å². The summed E-state index contributed by atoms with van der Waals surface area (Å²) in [4.78, 5) is 12.2. The molecule has 96 valence electrons. The molecular weight excluding hydrogens is 218 g/mol. The molecule has 5 heteroatoms. The highest BCUT2D eigenvalue weighted by Crippen LogP contribution is 2.46. The number of nitrogens with one attached hydrogen (secondary N) is 1. The number of hydrogen-bond donors (Lipinski definition) is 3. The topological polar surface area (TPSA) is 87.7 Å². The zero-order valence-electron chi connectivity index (χ0n) is 10.4. The molecule has 0 aromatic rings. The number of hydrogen-bond acceptors (Lipinski definition) is 3. The molecule has 2 fully saturated rings. The van der Waals surface area contributed by atoms with Crippen molar-refractivity contribution < 1.29 is 10.0 Å². The van der Waals surface area contributed by atoms with Crippen molar-refractivity contribution in [2.24, 2.45) is 28.1 Å². The summed E-state index contributed by atoms with van der Waals surface area (Å²) in [6.07, 6.45) is 3.43. The lowest BCUT2D eigenvalue weighted by Gasteiger charge is -2.45. The monoisotopic (exact) mass is 239 g/mol. The number of carbonyl (C=O) groups excluding carboxylic acids is 1. The second kappa shape index (κ2) is 4.20. The Morgan fingerprint density at radius 2 is 1.94 bits per heavy atom. The molecular formula is C12H21N3O2. The molecule has 0 radical (unpaired) electrons. The number of carbonyl (C=O) groups is 1. The van der Waals surface area contributed by atoms with E-state index in [4.69, 9.17) is 10.9 Å². The molecule has 4 N–H and O–H groups in total. The third-order valence-electron chi connectivity index (χ3n) is 4.14. The largest absolute Gasteiger partial charge is 0.409 e. The standard InChI is InChI=1S/C12H21N3O2/c1-7-3-9(4-7)14-11(16)12(10(13)15-17)5-8(2)6-12/h7-9,17H,3-6H2,1-2H3,(H2,13,15)(H,14,16). The van der Waals surface area contributed by atoms with E-state index in [1.807, 2.05) is 0 Å². The Hall–Kier alpha value is -1.26. The Morgan fingerprint density at radius 3 is 2.35 bits per heavy atom. The van der Waals surface area contributed by atoms with Crippen LogP contribution in [0.3, 0.4) is 0 Å². The van der Waals surface area contributed by atoms with E-state index in [0.29, 0.717) is 24.7 Å². The maximum Gasteiger partial charge on any atom is 0.234 e. The van der Waals surface area contributed by atoms with Crippen LogP contribution in [0.4, 0.5) is 0 Å². The molecule has 1 amide bonds. The molecule has 0 bridgehead atoms. The van der Waals surface area contributed by atoms with Crippen molar-refractivity contribution in [3.05, 3.63) is 0 Å². The summed E-state index contributed by atoms with van der Waals surface area (Å²) < 4.78 is 0. The van der Waals surface area contributed by atoms with E-state index >= 15 is 0 Å². The third kappa shape index (κ3) is 1.98. The maximum atomic E-state index is 12.2. The predicted molar refractivity (Wildman–Crippen MR) is 64.6 cm³/mol. The maximum absolute atomic E-state index is 12.2. The van der Waals surface area contributed by atoms with Crippen molar-refractivity contribution in [3.63, 3.8) is 0 Å². The van der Waals surface area contributed by atoms with E-state index in [0.717, 1.165) is 12.8 Å². The van der Waals surface area contributed by atoms with Gasteiger partial charge >= 0.3 is 0 Å². The first-order valence-corrected chi connectivity index (χ1v) is 6.27. The van der Waals surface area contributed by atoms with Crippen molar-refractivity contribution in [2.75, 3.05) is 0 Å². The molecule has 0 aliphatic heterocycles. The summed E-state index contributed by atoms with van der Waals surface area (Å²) in [7, 11) is 0. The van der Waals surface area contributed by atoms with Crippen molar-refractivity contribution in [2.45, 2.75) is 45.6 Å². The van der Waals surface area contributed by atoms with Gasteiger partial charge in [-0.05, 0) is 37.5 Å². The number of nitrogens with two attached hydrogens (primary N) is 1. The Labute approximate surface area is 101 Å². The van der Waals surface area contributed by atoms with Crippen LogP contribution in [0.25, 0.3) is 0 Å². The number of rotatable bonds is 3. The molecule has 0 aromatic heterocycles. The van der Waals surface area contributed by atoms with Gasteiger partial charge in [0.05, 0.1) is 0 Å². The fraction of sp³-hybridized carbons (Fsp3) is 0.833. The third-order valence-corrected chi connectivity index (χ3v) is 4.14. The van der Waals surface area contributed by atoms with Gasteiger partial charge in [0.15, 0.2) is 5.84 Å². The molecule has 5 nitrogen and oxygen atoms in total. The van der Waals surface area contributed by atoms with Crippen LogP contribution in [-0.4, -0.2) is 23.0 Å². The van der Waals surface area contributed by atoms with Crippen LogP contribution in [-0.2, 0) is 4.79 Å².